The van der Waals surface area contributed by atoms with Crippen LogP contribution in [0.2, 0.25) is 0 Å². The van der Waals surface area contributed by atoms with E-state index in [4.69, 9.17) is 4.74 Å². The van der Waals surface area contributed by atoms with Gasteiger partial charge in [0.15, 0.2) is 0 Å². The van der Waals surface area contributed by atoms with Crippen molar-refractivity contribution in [2.45, 2.75) is 90.4 Å². The molecule has 1 fully saturated rings. The minimum Gasteiger partial charge on any atom is -0.494 e. The minimum absolute atomic E-state index is 0.813. The first-order valence-corrected chi connectivity index (χ1v) is 11.5. The molecule has 1 aliphatic rings. The Hall–Kier alpha value is -1.18. The lowest BCUT2D eigenvalue weighted by molar-refractivity contribution is 0.228. The van der Waals surface area contributed by atoms with Gasteiger partial charge in [-0.05, 0) is 61.2 Å². The summed E-state index contributed by atoms with van der Waals surface area (Å²) >= 11 is 4.61. The number of aliphatic imine (C=N–C) groups is 1. The lowest BCUT2D eigenvalue weighted by Gasteiger charge is -2.28. The molecule has 2 rings (SSSR count). The first kappa shape index (κ1) is 22.1. The van der Waals surface area contributed by atoms with E-state index < -0.39 is 0 Å². The van der Waals surface area contributed by atoms with Crippen molar-refractivity contribution in [3.63, 3.8) is 0 Å². The fourth-order valence-corrected chi connectivity index (χ4v) is 4.36. The highest BCUT2D eigenvalue weighted by Crippen LogP contribution is 2.34. The van der Waals surface area contributed by atoms with Crippen LogP contribution in [0.15, 0.2) is 29.3 Å². The summed E-state index contributed by atoms with van der Waals surface area (Å²) in [4.78, 5) is 3.96. The zero-order valence-corrected chi connectivity index (χ0v) is 17.9. The van der Waals surface area contributed by atoms with Gasteiger partial charge in [0.05, 0.1) is 17.5 Å². The molecule has 2 nitrogen and oxygen atoms in total. The van der Waals surface area contributed by atoms with Gasteiger partial charge in [0.25, 0.3) is 0 Å². The Labute approximate surface area is 171 Å². The number of rotatable bonds is 13. The van der Waals surface area contributed by atoms with E-state index in [0.29, 0.717) is 0 Å². The molecule has 3 heteroatoms. The maximum absolute atomic E-state index is 5.86. The molecule has 0 heterocycles. The third kappa shape index (κ3) is 9.53. The first-order chi connectivity index (χ1) is 13.3. The summed E-state index contributed by atoms with van der Waals surface area (Å²) in [6, 6.07) is 7.75. The second-order valence-electron chi connectivity index (χ2n) is 8.13. The van der Waals surface area contributed by atoms with Crippen LogP contribution in [0.1, 0.15) is 90.4 Å². The van der Waals surface area contributed by atoms with Gasteiger partial charge in [-0.3, -0.25) is 0 Å². The predicted octanol–water partition coefficient (Wildman–Crippen LogP) is 8.14. The fourth-order valence-electron chi connectivity index (χ4n) is 4.25. The Morgan fingerprint density at radius 3 is 2.11 bits per heavy atom. The SMILES string of the molecule is CCCCCCCC[C@H]1CC[C@H](CCCOc2ccc(N=C=S)cc2)CC1. The molecule has 27 heavy (non-hydrogen) atoms. The summed E-state index contributed by atoms with van der Waals surface area (Å²) in [6.07, 6.45) is 18.3. The van der Waals surface area contributed by atoms with Gasteiger partial charge in [-0.25, -0.2) is 0 Å². The highest BCUT2D eigenvalue weighted by atomic mass is 32.1. The van der Waals surface area contributed by atoms with Crippen LogP contribution in [-0.4, -0.2) is 11.8 Å². The molecule has 0 saturated heterocycles. The average Bonchev–Trinajstić information content (AvgIpc) is 2.70. The van der Waals surface area contributed by atoms with Gasteiger partial charge in [0.2, 0.25) is 0 Å². The van der Waals surface area contributed by atoms with Crippen LogP contribution in [0.5, 0.6) is 5.75 Å². The van der Waals surface area contributed by atoms with E-state index in [1.165, 1.54) is 77.0 Å². The van der Waals surface area contributed by atoms with Gasteiger partial charge in [-0.2, -0.15) is 4.99 Å². The molecule has 0 spiro atoms. The molecule has 0 atom stereocenters. The van der Waals surface area contributed by atoms with Gasteiger partial charge >= 0.3 is 0 Å². The molecule has 150 valence electrons. The molecule has 0 bridgehead atoms. The Bertz CT molecular complexity index is 542. The summed E-state index contributed by atoms with van der Waals surface area (Å²) in [5.41, 5.74) is 0.829. The van der Waals surface area contributed by atoms with Crippen LogP contribution in [-0.2, 0) is 0 Å². The highest BCUT2D eigenvalue weighted by Gasteiger charge is 2.20. The molecule has 1 aliphatic carbocycles. The van der Waals surface area contributed by atoms with Gasteiger partial charge in [0.1, 0.15) is 5.75 Å². The third-order valence-electron chi connectivity index (χ3n) is 5.97. The second-order valence-corrected chi connectivity index (χ2v) is 8.31. The number of hydrogen-bond acceptors (Lipinski definition) is 3. The Balaban J connectivity index is 1.49. The number of unbranched alkanes of at least 4 members (excludes halogenated alkanes) is 5. The van der Waals surface area contributed by atoms with Crippen LogP contribution < -0.4 is 4.74 Å². The zero-order chi connectivity index (χ0) is 19.2. The van der Waals surface area contributed by atoms with Crippen LogP contribution in [0, 0.1) is 11.8 Å². The summed E-state index contributed by atoms with van der Waals surface area (Å²) in [7, 11) is 0. The summed E-state index contributed by atoms with van der Waals surface area (Å²) in [6.45, 7) is 3.11. The number of hydrogen-bond donors (Lipinski definition) is 0. The van der Waals surface area contributed by atoms with Crippen LogP contribution >= 0.6 is 12.2 Å². The first-order valence-electron chi connectivity index (χ1n) is 11.1. The third-order valence-corrected chi connectivity index (χ3v) is 6.06. The average molecular weight is 388 g/mol. The molecule has 1 aromatic carbocycles. The maximum atomic E-state index is 5.86. The van der Waals surface area contributed by atoms with Crippen molar-refractivity contribution < 1.29 is 4.74 Å². The van der Waals surface area contributed by atoms with E-state index in [-0.39, 0.29) is 0 Å². The number of isothiocyanates is 1. The van der Waals surface area contributed by atoms with Gasteiger partial charge in [0, 0.05) is 0 Å². The maximum Gasteiger partial charge on any atom is 0.119 e. The number of benzene rings is 1. The molecule has 1 aromatic rings. The van der Waals surface area contributed by atoms with Crippen molar-refractivity contribution in [1.29, 1.82) is 0 Å². The van der Waals surface area contributed by atoms with Crippen molar-refractivity contribution in [2.75, 3.05) is 6.61 Å². The fraction of sp³-hybridized carbons (Fsp3) is 0.708. The van der Waals surface area contributed by atoms with E-state index >= 15 is 0 Å². The molecule has 1 saturated carbocycles. The Morgan fingerprint density at radius 2 is 1.48 bits per heavy atom. The van der Waals surface area contributed by atoms with Crippen molar-refractivity contribution >= 4 is 23.1 Å². The van der Waals surface area contributed by atoms with Gasteiger partial charge < -0.3 is 4.74 Å². The molecular formula is C24H37NOS. The van der Waals surface area contributed by atoms with Crippen LogP contribution in [0.25, 0.3) is 0 Å². The lowest BCUT2D eigenvalue weighted by Crippen LogP contribution is -2.15. The molecule has 0 aliphatic heterocycles. The topological polar surface area (TPSA) is 21.6 Å². The molecular weight excluding hydrogens is 350 g/mol. The summed E-state index contributed by atoms with van der Waals surface area (Å²) in [5.74, 6) is 2.85. The van der Waals surface area contributed by atoms with Crippen LogP contribution in [0.3, 0.4) is 0 Å². The van der Waals surface area contributed by atoms with E-state index in [0.717, 1.165) is 36.3 Å². The highest BCUT2D eigenvalue weighted by molar-refractivity contribution is 7.78. The minimum atomic E-state index is 0.813. The van der Waals surface area contributed by atoms with E-state index in [9.17, 15) is 0 Å². The monoisotopic (exact) mass is 387 g/mol. The lowest BCUT2D eigenvalue weighted by atomic mass is 9.78. The molecule has 0 radical (unpaired) electrons. The van der Waals surface area contributed by atoms with Gasteiger partial charge in [-0.15, -0.1) is 0 Å². The predicted molar refractivity (Wildman–Crippen MR) is 119 cm³/mol. The van der Waals surface area contributed by atoms with Gasteiger partial charge in [-0.1, -0.05) is 77.6 Å². The van der Waals surface area contributed by atoms with Crippen molar-refractivity contribution in [2.24, 2.45) is 16.8 Å². The van der Waals surface area contributed by atoms with E-state index in [1.807, 2.05) is 24.3 Å². The Kier molecular flexibility index (Phi) is 11.4. The molecule has 0 N–H and O–H groups in total. The van der Waals surface area contributed by atoms with E-state index in [1.54, 1.807) is 0 Å². The smallest absolute Gasteiger partial charge is 0.119 e. The largest absolute Gasteiger partial charge is 0.494 e. The van der Waals surface area contributed by atoms with Crippen molar-refractivity contribution in [1.82, 2.24) is 0 Å². The molecule has 0 amide bonds. The van der Waals surface area contributed by atoms with Crippen molar-refractivity contribution in [3.05, 3.63) is 24.3 Å². The summed E-state index contributed by atoms with van der Waals surface area (Å²) < 4.78 is 5.86. The quantitative estimate of drug-likeness (QED) is 0.193. The number of nitrogens with zero attached hydrogens (tertiary/aromatic N) is 1. The molecule has 0 unspecified atom stereocenters. The summed E-state index contributed by atoms with van der Waals surface area (Å²) in [5, 5.41) is 2.38. The Morgan fingerprint density at radius 1 is 0.889 bits per heavy atom. The van der Waals surface area contributed by atoms with Crippen molar-refractivity contribution in [3.8, 4) is 5.75 Å². The number of thiocarbonyl (C=S) groups is 1. The molecule has 0 aromatic heterocycles. The zero-order valence-electron chi connectivity index (χ0n) is 17.1. The van der Waals surface area contributed by atoms with E-state index in [2.05, 4.69) is 29.3 Å². The standard InChI is InChI=1S/C24H37NOS/c1-2-3-4-5-6-7-9-21-11-13-22(14-12-21)10-8-19-26-24-17-15-23(16-18-24)25-20-27/h15-18,21-22H,2-14,19H2,1H3/t21-,22-. The second kappa shape index (κ2) is 13.9. The normalized spacial score (nSPS) is 19.4. The van der Waals surface area contributed by atoms with Crippen LogP contribution in [0.4, 0.5) is 5.69 Å². The number of ether oxygens (including phenoxy) is 1.